The van der Waals surface area contributed by atoms with Crippen LogP contribution in [0.2, 0.25) is 0 Å². The van der Waals surface area contributed by atoms with Crippen LogP contribution in [0, 0.1) is 5.92 Å². The lowest BCUT2D eigenvalue weighted by Gasteiger charge is -2.26. The van der Waals surface area contributed by atoms with Crippen LogP contribution >= 0.6 is 11.3 Å². The van der Waals surface area contributed by atoms with Gasteiger partial charge >= 0.3 is 0 Å². The molecule has 0 radical (unpaired) electrons. The van der Waals surface area contributed by atoms with Gasteiger partial charge in [0, 0.05) is 11.3 Å². The second kappa shape index (κ2) is 5.28. The molecule has 1 aliphatic carbocycles. The van der Waals surface area contributed by atoms with E-state index in [1.165, 1.54) is 37.1 Å². The maximum Gasteiger partial charge on any atom is 0.0960 e. The van der Waals surface area contributed by atoms with E-state index in [0.29, 0.717) is 5.92 Å². The van der Waals surface area contributed by atoms with Gasteiger partial charge < -0.3 is 5.11 Å². The van der Waals surface area contributed by atoms with E-state index in [4.69, 9.17) is 0 Å². The Bertz CT molecular complexity index is 326. The molecule has 1 heterocycles. The zero-order chi connectivity index (χ0) is 11.5. The zero-order valence-corrected chi connectivity index (χ0v) is 11.0. The summed E-state index contributed by atoms with van der Waals surface area (Å²) in [6.07, 6.45) is 6.17. The van der Waals surface area contributed by atoms with Gasteiger partial charge in [0.25, 0.3) is 0 Å². The molecule has 0 bridgehead atoms. The summed E-state index contributed by atoms with van der Waals surface area (Å²) < 4.78 is 0. The van der Waals surface area contributed by atoms with Gasteiger partial charge in [-0.15, -0.1) is 11.3 Å². The first-order valence-electron chi connectivity index (χ1n) is 6.34. The van der Waals surface area contributed by atoms with Gasteiger partial charge in [-0.05, 0) is 38.5 Å². The normalized spacial score (nSPS) is 27.9. The lowest BCUT2D eigenvalue weighted by molar-refractivity contribution is 0.194. The van der Waals surface area contributed by atoms with Crippen molar-refractivity contribution in [1.29, 1.82) is 0 Å². The number of hydrogen-bond donors (Lipinski definition) is 1. The van der Waals surface area contributed by atoms with Gasteiger partial charge in [0.15, 0.2) is 0 Å². The number of rotatable bonds is 3. The van der Waals surface area contributed by atoms with E-state index in [1.807, 2.05) is 5.38 Å². The average molecular weight is 239 g/mol. The lowest BCUT2D eigenvalue weighted by atomic mass is 9.81. The molecule has 1 saturated carbocycles. The van der Waals surface area contributed by atoms with Crippen LogP contribution in [0.4, 0.5) is 0 Å². The fourth-order valence-corrected chi connectivity index (χ4v) is 3.58. The van der Waals surface area contributed by atoms with Crippen molar-refractivity contribution in [3.05, 3.63) is 16.1 Å². The van der Waals surface area contributed by atoms with Gasteiger partial charge in [0.2, 0.25) is 0 Å². The third-order valence-electron chi connectivity index (χ3n) is 3.74. The quantitative estimate of drug-likeness (QED) is 0.868. The summed E-state index contributed by atoms with van der Waals surface area (Å²) in [4.78, 5) is 4.55. The van der Waals surface area contributed by atoms with Crippen LogP contribution in [0.3, 0.4) is 0 Å². The molecule has 0 amide bonds. The Labute approximate surface area is 102 Å². The molecule has 1 aromatic rings. The highest BCUT2D eigenvalue weighted by atomic mass is 32.1. The van der Waals surface area contributed by atoms with Gasteiger partial charge in [0.05, 0.1) is 16.8 Å². The summed E-state index contributed by atoms with van der Waals surface area (Å²) in [6.45, 7) is 4.08. The van der Waals surface area contributed by atoms with Crippen molar-refractivity contribution >= 4 is 11.3 Å². The van der Waals surface area contributed by atoms with Crippen molar-refractivity contribution in [1.82, 2.24) is 4.98 Å². The van der Waals surface area contributed by atoms with Crippen molar-refractivity contribution < 1.29 is 5.11 Å². The average Bonchev–Trinajstić information content (AvgIpc) is 2.78. The third-order valence-corrected chi connectivity index (χ3v) is 4.77. The summed E-state index contributed by atoms with van der Waals surface area (Å²) in [6, 6.07) is 0. The molecule has 1 N–H and O–H groups in total. The summed E-state index contributed by atoms with van der Waals surface area (Å²) in [5.41, 5.74) is 0.845. The van der Waals surface area contributed by atoms with Gasteiger partial charge in [-0.25, -0.2) is 4.98 Å². The molecule has 1 fully saturated rings. The van der Waals surface area contributed by atoms with E-state index in [-0.39, 0.29) is 0 Å². The fourth-order valence-electron chi connectivity index (χ4n) is 2.50. The summed E-state index contributed by atoms with van der Waals surface area (Å²) in [5.74, 6) is 1.59. The number of thiazole rings is 1. The van der Waals surface area contributed by atoms with Crippen molar-refractivity contribution in [2.24, 2.45) is 5.92 Å². The van der Waals surface area contributed by atoms with Crippen molar-refractivity contribution in [3.63, 3.8) is 0 Å². The predicted molar refractivity (Wildman–Crippen MR) is 67.7 cm³/mol. The summed E-state index contributed by atoms with van der Waals surface area (Å²) in [7, 11) is 0. The standard InChI is InChI=1S/C13H21NOS/c1-3-10-4-6-11(7-5-10)13-14-12(8-16-13)9(2)15/h8-11,15H,3-7H2,1-2H3. The lowest BCUT2D eigenvalue weighted by Crippen LogP contribution is -2.12. The van der Waals surface area contributed by atoms with Crippen LogP contribution in [0.15, 0.2) is 5.38 Å². The first-order valence-corrected chi connectivity index (χ1v) is 7.22. The summed E-state index contributed by atoms with van der Waals surface area (Å²) >= 11 is 1.72. The first kappa shape index (κ1) is 12.1. The Kier molecular flexibility index (Phi) is 3.98. The SMILES string of the molecule is CCC1CCC(c2nc(C(C)O)cs2)CC1. The fraction of sp³-hybridized carbons (Fsp3) is 0.769. The zero-order valence-electron chi connectivity index (χ0n) is 10.1. The highest BCUT2D eigenvalue weighted by Gasteiger charge is 2.23. The van der Waals surface area contributed by atoms with Gasteiger partial charge in [-0.2, -0.15) is 0 Å². The third kappa shape index (κ3) is 2.64. The molecule has 90 valence electrons. The number of aromatic nitrogens is 1. The Morgan fingerprint density at radius 2 is 2.12 bits per heavy atom. The summed E-state index contributed by atoms with van der Waals surface area (Å²) in [5, 5.41) is 12.7. The maximum atomic E-state index is 9.46. The Hall–Kier alpha value is -0.410. The molecule has 16 heavy (non-hydrogen) atoms. The van der Waals surface area contributed by atoms with Crippen LogP contribution < -0.4 is 0 Å². The molecule has 0 saturated heterocycles. The Morgan fingerprint density at radius 1 is 1.44 bits per heavy atom. The maximum absolute atomic E-state index is 9.46. The van der Waals surface area contributed by atoms with E-state index < -0.39 is 6.10 Å². The highest BCUT2D eigenvalue weighted by molar-refractivity contribution is 7.09. The van der Waals surface area contributed by atoms with Crippen LogP contribution in [0.1, 0.15) is 68.7 Å². The van der Waals surface area contributed by atoms with E-state index in [0.717, 1.165) is 11.6 Å². The van der Waals surface area contributed by atoms with Crippen LogP contribution in [-0.4, -0.2) is 10.1 Å². The smallest absolute Gasteiger partial charge is 0.0960 e. The molecule has 2 rings (SSSR count). The molecular weight excluding hydrogens is 218 g/mol. The largest absolute Gasteiger partial charge is 0.387 e. The predicted octanol–water partition coefficient (Wildman–Crippen LogP) is 3.88. The molecule has 3 heteroatoms. The van der Waals surface area contributed by atoms with Crippen LogP contribution in [0.25, 0.3) is 0 Å². The molecule has 0 spiro atoms. The van der Waals surface area contributed by atoms with Gasteiger partial charge in [-0.3, -0.25) is 0 Å². The molecule has 1 atom stereocenters. The minimum atomic E-state index is -0.419. The molecule has 2 nitrogen and oxygen atoms in total. The van der Waals surface area contributed by atoms with Crippen molar-refractivity contribution in [2.45, 2.75) is 58.0 Å². The molecule has 1 aromatic heterocycles. The van der Waals surface area contributed by atoms with Crippen LogP contribution in [-0.2, 0) is 0 Å². The minimum Gasteiger partial charge on any atom is -0.387 e. The molecule has 1 aliphatic rings. The topological polar surface area (TPSA) is 33.1 Å². The Morgan fingerprint density at radius 3 is 2.62 bits per heavy atom. The molecular formula is C13H21NOS. The van der Waals surface area contributed by atoms with E-state index in [9.17, 15) is 5.11 Å². The van der Waals surface area contributed by atoms with Gasteiger partial charge in [0.1, 0.15) is 0 Å². The van der Waals surface area contributed by atoms with Crippen molar-refractivity contribution in [2.75, 3.05) is 0 Å². The van der Waals surface area contributed by atoms with Crippen molar-refractivity contribution in [3.8, 4) is 0 Å². The van der Waals surface area contributed by atoms with E-state index in [1.54, 1.807) is 18.3 Å². The second-order valence-corrected chi connectivity index (χ2v) is 5.80. The number of nitrogens with zero attached hydrogens (tertiary/aromatic N) is 1. The van der Waals surface area contributed by atoms with E-state index >= 15 is 0 Å². The van der Waals surface area contributed by atoms with Gasteiger partial charge in [-0.1, -0.05) is 13.3 Å². The number of hydrogen-bond acceptors (Lipinski definition) is 3. The van der Waals surface area contributed by atoms with E-state index in [2.05, 4.69) is 11.9 Å². The van der Waals surface area contributed by atoms with Crippen LogP contribution in [0.5, 0.6) is 0 Å². The highest BCUT2D eigenvalue weighted by Crippen LogP contribution is 2.38. The number of aliphatic hydroxyl groups is 1. The monoisotopic (exact) mass is 239 g/mol. The first-order chi connectivity index (χ1) is 7.70. The second-order valence-electron chi connectivity index (χ2n) is 4.91. The minimum absolute atomic E-state index is 0.419. The number of aliphatic hydroxyl groups excluding tert-OH is 1. The molecule has 0 aliphatic heterocycles. The molecule has 0 aromatic carbocycles. The molecule has 1 unspecified atom stereocenters. The Balaban J connectivity index is 1.97.